The third kappa shape index (κ3) is 3.51. The first-order valence-corrected chi connectivity index (χ1v) is 6.20. The molecule has 0 saturated heterocycles. The minimum atomic E-state index is -0.712. The highest BCUT2D eigenvalue weighted by Crippen LogP contribution is 2.35. The number of para-hydroxylation sites is 2. The molecular formula is C13H12ClN3O4. The van der Waals surface area contributed by atoms with Crippen molar-refractivity contribution in [1.82, 2.24) is 9.97 Å². The fourth-order valence-electron chi connectivity index (χ4n) is 1.49. The minimum absolute atomic E-state index is 0.0281. The van der Waals surface area contributed by atoms with Gasteiger partial charge in [-0.05, 0) is 12.1 Å². The molecule has 1 heterocycles. The first kappa shape index (κ1) is 14.9. The van der Waals surface area contributed by atoms with Crippen molar-refractivity contribution in [3.63, 3.8) is 0 Å². The maximum absolute atomic E-state index is 11.3. The third-order valence-corrected chi connectivity index (χ3v) is 2.74. The second-order valence-corrected chi connectivity index (χ2v) is 4.07. The molecule has 0 bridgehead atoms. The molecule has 1 aromatic heterocycles. The van der Waals surface area contributed by atoms with Gasteiger partial charge in [0.25, 0.3) is 0 Å². The Hall–Kier alpha value is -2.54. The molecule has 0 saturated carbocycles. The summed E-state index contributed by atoms with van der Waals surface area (Å²) in [5.74, 6) is 1.00. The van der Waals surface area contributed by atoms with Gasteiger partial charge in [0.2, 0.25) is 5.88 Å². The van der Waals surface area contributed by atoms with Crippen LogP contribution in [0.4, 0.5) is 10.5 Å². The van der Waals surface area contributed by atoms with Gasteiger partial charge in [-0.25, -0.2) is 9.78 Å². The first-order valence-electron chi connectivity index (χ1n) is 5.82. The normalized spacial score (nSPS) is 9.86. The van der Waals surface area contributed by atoms with Crippen LogP contribution in [0.25, 0.3) is 0 Å². The molecular weight excluding hydrogens is 298 g/mol. The van der Waals surface area contributed by atoms with Gasteiger partial charge in [0, 0.05) is 0 Å². The number of ether oxygens (including phenoxy) is 3. The Bertz CT molecular complexity index is 651. The van der Waals surface area contributed by atoms with Crippen molar-refractivity contribution in [2.75, 3.05) is 19.5 Å². The van der Waals surface area contributed by atoms with Gasteiger partial charge in [-0.15, -0.1) is 0 Å². The number of rotatable bonds is 4. The monoisotopic (exact) mass is 309 g/mol. The number of carbonyl (C=O) groups is 1. The summed E-state index contributed by atoms with van der Waals surface area (Å²) >= 11 is 5.94. The Morgan fingerprint density at radius 1 is 1.19 bits per heavy atom. The minimum Gasteiger partial charge on any atom is -0.493 e. The van der Waals surface area contributed by atoms with Crippen LogP contribution in [0.3, 0.4) is 0 Å². The quantitative estimate of drug-likeness (QED) is 0.874. The van der Waals surface area contributed by atoms with Crippen molar-refractivity contribution in [1.29, 1.82) is 0 Å². The maximum Gasteiger partial charge on any atom is 0.411 e. The van der Waals surface area contributed by atoms with Crippen molar-refractivity contribution in [2.24, 2.45) is 0 Å². The van der Waals surface area contributed by atoms with Gasteiger partial charge in [0.15, 0.2) is 16.7 Å². The average Bonchev–Trinajstić information content (AvgIpc) is 2.51. The van der Waals surface area contributed by atoms with Crippen molar-refractivity contribution in [2.45, 2.75) is 0 Å². The molecule has 21 heavy (non-hydrogen) atoms. The Labute approximate surface area is 125 Å². The summed E-state index contributed by atoms with van der Waals surface area (Å²) in [6.07, 6.45) is 0.506. The van der Waals surface area contributed by atoms with E-state index in [0.717, 1.165) is 0 Å². The lowest BCUT2D eigenvalue weighted by Crippen LogP contribution is -2.13. The lowest BCUT2D eigenvalue weighted by Gasteiger charge is -2.13. The summed E-state index contributed by atoms with van der Waals surface area (Å²) in [7, 11) is 2.75. The van der Waals surface area contributed by atoms with Crippen LogP contribution < -0.4 is 14.8 Å². The first-order chi connectivity index (χ1) is 10.2. The third-order valence-electron chi connectivity index (χ3n) is 2.45. The number of amides is 1. The van der Waals surface area contributed by atoms with Crippen LogP contribution in [-0.2, 0) is 4.74 Å². The number of hydrogen-bond acceptors (Lipinski definition) is 6. The van der Waals surface area contributed by atoms with Crippen LogP contribution in [0.2, 0.25) is 5.15 Å². The van der Waals surface area contributed by atoms with E-state index < -0.39 is 6.09 Å². The van der Waals surface area contributed by atoms with Gasteiger partial charge in [0.1, 0.15) is 12.0 Å². The molecule has 8 heteroatoms. The summed E-state index contributed by atoms with van der Waals surface area (Å²) < 4.78 is 15.3. The molecule has 1 N–H and O–H groups in total. The highest BCUT2D eigenvalue weighted by Gasteiger charge is 2.16. The second-order valence-electron chi connectivity index (χ2n) is 3.71. The number of benzene rings is 1. The van der Waals surface area contributed by atoms with E-state index in [2.05, 4.69) is 20.0 Å². The largest absolute Gasteiger partial charge is 0.493 e. The zero-order chi connectivity index (χ0) is 15.2. The van der Waals surface area contributed by atoms with Crippen LogP contribution in [-0.4, -0.2) is 30.3 Å². The molecule has 2 aromatic rings. The summed E-state index contributed by atoms with van der Waals surface area (Å²) in [5, 5.41) is 2.43. The number of hydrogen-bond donors (Lipinski definition) is 1. The van der Waals surface area contributed by atoms with E-state index in [1.807, 2.05) is 0 Å². The van der Waals surface area contributed by atoms with Gasteiger partial charge in [-0.2, -0.15) is 4.98 Å². The smallest absolute Gasteiger partial charge is 0.411 e. The number of carbonyl (C=O) groups excluding carboxylic acids is 1. The second kappa shape index (κ2) is 6.76. The van der Waals surface area contributed by atoms with Crippen LogP contribution in [0.5, 0.6) is 17.4 Å². The Morgan fingerprint density at radius 2 is 1.90 bits per heavy atom. The Morgan fingerprint density at radius 3 is 2.57 bits per heavy atom. The zero-order valence-corrected chi connectivity index (χ0v) is 12.0. The lowest BCUT2D eigenvalue weighted by molar-refractivity contribution is 0.186. The number of halogens is 1. The number of methoxy groups -OCH3 is 2. The fraction of sp³-hybridized carbons (Fsp3) is 0.154. The van der Waals surface area contributed by atoms with E-state index in [4.69, 9.17) is 21.1 Å². The topological polar surface area (TPSA) is 82.6 Å². The zero-order valence-electron chi connectivity index (χ0n) is 11.3. The molecule has 1 amide bonds. The molecule has 0 unspecified atom stereocenters. The van der Waals surface area contributed by atoms with Gasteiger partial charge in [0.05, 0.1) is 14.2 Å². The maximum atomic E-state index is 11.3. The van der Waals surface area contributed by atoms with Gasteiger partial charge in [-0.1, -0.05) is 23.7 Å². The van der Waals surface area contributed by atoms with Crippen LogP contribution in [0, 0.1) is 0 Å². The molecule has 0 aliphatic rings. The van der Waals surface area contributed by atoms with Gasteiger partial charge in [-0.3, -0.25) is 5.32 Å². The average molecular weight is 310 g/mol. The van der Waals surface area contributed by atoms with Crippen LogP contribution >= 0.6 is 11.6 Å². The fourth-order valence-corrected chi connectivity index (χ4v) is 1.66. The number of aromatic nitrogens is 2. The highest BCUT2D eigenvalue weighted by atomic mass is 35.5. The molecule has 110 valence electrons. The molecule has 0 radical (unpaired) electrons. The number of nitrogens with zero attached hydrogens (tertiary/aromatic N) is 2. The summed E-state index contributed by atoms with van der Waals surface area (Å²) in [4.78, 5) is 19.1. The van der Waals surface area contributed by atoms with E-state index in [0.29, 0.717) is 11.5 Å². The standard InChI is InChI=1S/C13H12ClN3O4/c1-19-8-5-3-4-6-9(8)21-12-10(17-13(18)20-2)11(14)15-7-16-12/h3-7H,1-2H3,(H,17,18). The van der Waals surface area contributed by atoms with Crippen LogP contribution in [0.15, 0.2) is 30.6 Å². The van der Waals surface area contributed by atoms with Gasteiger partial charge >= 0.3 is 6.09 Å². The Kier molecular flexibility index (Phi) is 4.78. The summed E-state index contributed by atoms with van der Waals surface area (Å²) in [6, 6.07) is 6.99. The van der Waals surface area contributed by atoms with Crippen molar-refractivity contribution in [3.05, 3.63) is 35.7 Å². The molecule has 2 rings (SSSR count). The molecule has 7 nitrogen and oxygen atoms in total. The molecule has 0 aliphatic carbocycles. The highest BCUT2D eigenvalue weighted by molar-refractivity contribution is 6.32. The molecule has 0 spiro atoms. The molecule has 0 atom stereocenters. The molecule has 0 fully saturated rings. The van der Waals surface area contributed by atoms with E-state index in [-0.39, 0.29) is 16.7 Å². The molecule has 1 aromatic carbocycles. The Balaban J connectivity index is 2.35. The van der Waals surface area contributed by atoms with E-state index in [9.17, 15) is 4.79 Å². The van der Waals surface area contributed by atoms with E-state index in [1.54, 1.807) is 24.3 Å². The van der Waals surface area contributed by atoms with Crippen molar-refractivity contribution in [3.8, 4) is 17.4 Å². The predicted octanol–water partition coefficient (Wildman–Crippen LogP) is 3.11. The van der Waals surface area contributed by atoms with Gasteiger partial charge < -0.3 is 14.2 Å². The summed E-state index contributed by atoms with van der Waals surface area (Å²) in [5.41, 5.74) is 0.108. The van der Waals surface area contributed by atoms with Crippen molar-refractivity contribution < 1.29 is 19.0 Å². The summed E-state index contributed by atoms with van der Waals surface area (Å²) in [6.45, 7) is 0. The van der Waals surface area contributed by atoms with E-state index >= 15 is 0 Å². The lowest BCUT2D eigenvalue weighted by atomic mass is 10.3. The number of anilines is 1. The SMILES string of the molecule is COC(=O)Nc1c(Cl)ncnc1Oc1ccccc1OC. The predicted molar refractivity (Wildman–Crippen MR) is 76.1 cm³/mol. The number of nitrogens with one attached hydrogen (secondary N) is 1. The van der Waals surface area contributed by atoms with Crippen LogP contribution in [0.1, 0.15) is 0 Å². The van der Waals surface area contributed by atoms with Crippen molar-refractivity contribution >= 4 is 23.4 Å². The molecule has 0 aliphatic heterocycles. The van der Waals surface area contributed by atoms with E-state index in [1.165, 1.54) is 20.5 Å².